The van der Waals surface area contributed by atoms with E-state index in [4.69, 9.17) is 16.3 Å². The lowest BCUT2D eigenvalue weighted by Crippen LogP contribution is -2.11. The number of nitrogens with zero attached hydrogens (tertiary/aromatic N) is 2. The van der Waals surface area contributed by atoms with Gasteiger partial charge in [-0.25, -0.2) is 4.98 Å². The molecule has 0 fully saturated rings. The Bertz CT molecular complexity index is 349. The summed E-state index contributed by atoms with van der Waals surface area (Å²) in [7, 11) is 0. The van der Waals surface area contributed by atoms with Crippen molar-refractivity contribution in [3.05, 3.63) is 28.6 Å². The molecule has 0 radical (unpaired) electrons. The summed E-state index contributed by atoms with van der Waals surface area (Å²) in [6, 6.07) is 0. The van der Waals surface area contributed by atoms with E-state index >= 15 is 0 Å². The number of halogens is 2. The molecule has 88 valence electrons. The molecule has 0 saturated carbocycles. The van der Waals surface area contributed by atoms with Crippen molar-refractivity contribution in [2.24, 2.45) is 0 Å². The van der Waals surface area contributed by atoms with Gasteiger partial charge in [-0.3, -0.25) is 0 Å². The molecule has 0 bridgehead atoms. The van der Waals surface area contributed by atoms with E-state index in [1.807, 2.05) is 6.08 Å². The third-order valence-electron chi connectivity index (χ3n) is 1.72. The molecule has 0 amide bonds. The second kappa shape index (κ2) is 7.60. The van der Waals surface area contributed by atoms with Crippen molar-refractivity contribution in [1.29, 1.82) is 0 Å². The summed E-state index contributed by atoms with van der Waals surface area (Å²) in [5.41, 5.74) is 0. The molecule has 1 heterocycles. The molecule has 1 N–H and O–H groups in total. The van der Waals surface area contributed by atoms with E-state index in [0.717, 1.165) is 10.9 Å². The second-order valence-electron chi connectivity index (χ2n) is 2.95. The van der Waals surface area contributed by atoms with Crippen LogP contribution in [0.4, 0.5) is 5.82 Å². The Hall–Kier alpha value is -0.650. The molecule has 0 aliphatic rings. The average Bonchev–Trinajstić information content (AvgIpc) is 2.28. The third kappa shape index (κ3) is 4.92. The number of hydrogen-bond donors (Lipinski definition) is 1. The topological polar surface area (TPSA) is 47.0 Å². The van der Waals surface area contributed by atoms with Crippen LogP contribution in [0.3, 0.4) is 0 Å². The zero-order chi connectivity index (χ0) is 11.8. The van der Waals surface area contributed by atoms with Gasteiger partial charge in [0.05, 0.1) is 17.7 Å². The highest BCUT2D eigenvalue weighted by molar-refractivity contribution is 9.10. The summed E-state index contributed by atoms with van der Waals surface area (Å²) in [5.74, 6) is 0.673. The van der Waals surface area contributed by atoms with E-state index in [2.05, 4.69) is 37.8 Å². The Kier molecular flexibility index (Phi) is 6.37. The van der Waals surface area contributed by atoms with E-state index in [9.17, 15) is 0 Å². The van der Waals surface area contributed by atoms with Crippen LogP contribution in [0, 0.1) is 0 Å². The fourth-order valence-corrected chi connectivity index (χ4v) is 1.44. The van der Waals surface area contributed by atoms with Gasteiger partial charge in [0.15, 0.2) is 0 Å². The highest BCUT2D eigenvalue weighted by Gasteiger charge is 2.02. The van der Waals surface area contributed by atoms with Crippen molar-refractivity contribution >= 4 is 33.3 Å². The summed E-state index contributed by atoms with van der Waals surface area (Å²) in [5, 5.41) is 3.32. The molecule has 6 heteroatoms. The van der Waals surface area contributed by atoms with Crippen molar-refractivity contribution in [1.82, 2.24) is 9.97 Å². The minimum Gasteiger partial charge on any atom is -0.379 e. The molecule has 1 rings (SSSR count). The fraction of sp³-hybridized carbons (Fsp3) is 0.400. The Morgan fingerprint density at radius 3 is 3.12 bits per heavy atom. The van der Waals surface area contributed by atoms with Gasteiger partial charge in [-0.2, -0.15) is 4.98 Å². The predicted molar refractivity (Wildman–Crippen MR) is 68.9 cm³/mol. The van der Waals surface area contributed by atoms with E-state index in [1.165, 1.54) is 0 Å². The van der Waals surface area contributed by atoms with Gasteiger partial charge in [-0.05, 0) is 34.0 Å². The van der Waals surface area contributed by atoms with Crippen LogP contribution in [-0.2, 0) is 4.74 Å². The number of hydrogen-bond acceptors (Lipinski definition) is 4. The van der Waals surface area contributed by atoms with Gasteiger partial charge in [0, 0.05) is 12.7 Å². The number of nitrogens with one attached hydrogen (secondary N) is 1. The van der Waals surface area contributed by atoms with Crippen molar-refractivity contribution < 1.29 is 4.74 Å². The first-order valence-electron chi connectivity index (χ1n) is 4.84. The summed E-state index contributed by atoms with van der Waals surface area (Å²) >= 11 is 9.00. The molecule has 1 aromatic rings. The maximum Gasteiger partial charge on any atom is 0.224 e. The Morgan fingerprint density at radius 1 is 1.56 bits per heavy atom. The number of anilines is 1. The molecule has 0 saturated heterocycles. The molecule has 0 atom stereocenters. The SMILES string of the molecule is C=CCCOCCNc1nc(Cl)ncc1Br. The van der Waals surface area contributed by atoms with Crippen LogP contribution in [0.1, 0.15) is 6.42 Å². The monoisotopic (exact) mass is 305 g/mol. The van der Waals surface area contributed by atoms with Gasteiger partial charge in [0.2, 0.25) is 5.28 Å². The van der Waals surface area contributed by atoms with Gasteiger partial charge < -0.3 is 10.1 Å². The molecule has 0 spiro atoms. The summed E-state index contributed by atoms with van der Waals surface area (Å²) in [6.45, 7) is 5.59. The van der Waals surface area contributed by atoms with Crippen LogP contribution in [0.25, 0.3) is 0 Å². The van der Waals surface area contributed by atoms with Gasteiger partial charge in [0.25, 0.3) is 0 Å². The standard InChI is InChI=1S/C10H13BrClN3O/c1-2-3-5-16-6-4-13-9-8(11)7-14-10(12)15-9/h2,7H,1,3-6H2,(H,13,14,15). The minimum absolute atomic E-state index is 0.221. The van der Waals surface area contributed by atoms with Gasteiger partial charge in [0.1, 0.15) is 5.82 Å². The maximum absolute atomic E-state index is 5.67. The van der Waals surface area contributed by atoms with E-state index < -0.39 is 0 Å². The smallest absolute Gasteiger partial charge is 0.224 e. The molecule has 16 heavy (non-hydrogen) atoms. The lowest BCUT2D eigenvalue weighted by Gasteiger charge is -2.07. The number of rotatable bonds is 7. The molecule has 4 nitrogen and oxygen atoms in total. The molecule has 0 unspecified atom stereocenters. The molecular formula is C10H13BrClN3O. The summed E-state index contributed by atoms with van der Waals surface area (Å²) < 4.78 is 6.12. The Morgan fingerprint density at radius 2 is 2.38 bits per heavy atom. The van der Waals surface area contributed by atoms with Gasteiger partial charge in [-0.1, -0.05) is 6.08 Å². The second-order valence-corrected chi connectivity index (χ2v) is 4.14. The molecule has 1 aromatic heterocycles. The van der Waals surface area contributed by atoms with E-state index in [0.29, 0.717) is 25.6 Å². The zero-order valence-corrected chi connectivity index (χ0v) is 11.1. The van der Waals surface area contributed by atoms with Crippen LogP contribution in [-0.4, -0.2) is 29.7 Å². The van der Waals surface area contributed by atoms with E-state index in [1.54, 1.807) is 6.20 Å². The highest BCUT2D eigenvalue weighted by atomic mass is 79.9. The van der Waals surface area contributed by atoms with Crippen LogP contribution in [0.15, 0.2) is 23.3 Å². The Balaban J connectivity index is 2.26. The quantitative estimate of drug-likeness (QED) is 0.478. The van der Waals surface area contributed by atoms with Crippen molar-refractivity contribution in [2.45, 2.75) is 6.42 Å². The fourth-order valence-electron chi connectivity index (χ4n) is 0.980. The Labute approximate surface area is 108 Å². The predicted octanol–water partition coefficient (Wildman–Crippen LogP) is 2.90. The third-order valence-corrected chi connectivity index (χ3v) is 2.48. The summed E-state index contributed by atoms with van der Waals surface area (Å²) in [6.07, 6.45) is 4.30. The van der Waals surface area contributed by atoms with Crippen LogP contribution in [0.5, 0.6) is 0 Å². The first-order chi connectivity index (χ1) is 7.74. The normalized spacial score (nSPS) is 10.1. The lowest BCUT2D eigenvalue weighted by molar-refractivity contribution is 0.149. The first-order valence-corrected chi connectivity index (χ1v) is 6.01. The minimum atomic E-state index is 0.221. The number of aromatic nitrogens is 2. The molecule has 0 aliphatic carbocycles. The van der Waals surface area contributed by atoms with Crippen molar-refractivity contribution in [3.63, 3.8) is 0 Å². The van der Waals surface area contributed by atoms with Crippen LogP contribution in [0.2, 0.25) is 5.28 Å². The van der Waals surface area contributed by atoms with E-state index in [-0.39, 0.29) is 5.28 Å². The van der Waals surface area contributed by atoms with Crippen LogP contribution < -0.4 is 5.32 Å². The highest BCUT2D eigenvalue weighted by Crippen LogP contribution is 2.19. The molecule has 0 aliphatic heterocycles. The molecule has 0 aromatic carbocycles. The van der Waals surface area contributed by atoms with Crippen LogP contribution >= 0.6 is 27.5 Å². The van der Waals surface area contributed by atoms with Gasteiger partial charge >= 0.3 is 0 Å². The zero-order valence-electron chi connectivity index (χ0n) is 8.75. The number of ether oxygens (including phenoxy) is 1. The van der Waals surface area contributed by atoms with Gasteiger partial charge in [-0.15, -0.1) is 6.58 Å². The summed E-state index contributed by atoms with van der Waals surface area (Å²) in [4.78, 5) is 7.86. The van der Waals surface area contributed by atoms with Crippen molar-refractivity contribution in [2.75, 3.05) is 25.1 Å². The largest absolute Gasteiger partial charge is 0.379 e. The lowest BCUT2D eigenvalue weighted by atomic mass is 10.4. The maximum atomic E-state index is 5.67. The first kappa shape index (κ1) is 13.4. The average molecular weight is 307 g/mol. The van der Waals surface area contributed by atoms with Crippen molar-refractivity contribution in [3.8, 4) is 0 Å². The molecular weight excluding hydrogens is 293 g/mol.